The number of amides is 1. The predicted octanol–water partition coefficient (Wildman–Crippen LogP) is 3.49. The van der Waals surface area contributed by atoms with Gasteiger partial charge in [0.05, 0.1) is 0 Å². The van der Waals surface area contributed by atoms with Crippen molar-refractivity contribution in [2.24, 2.45) is 0 Å². The van der Waals surface area contributed by atoms with Crippen LogP contribution in [0, 0.1) is 0 Å². The summed E-state index contributed by atoms with van der Waals surface area (Å²) in [7, 11) is -3.68. The van der Waals surface area contributed by atoms with E-state index in [-0.39, 0.29) is 23.9 Å². The van der Waals surface area contributed by atoms with Gasteiger partial charge in [-0.25, -0.2) is 13.4 Å². The molecule has 3 heterocycles. The molecule has 0 radical (unpaired) electrons. The lowest BCUT2D eigenvalue weighted by molar-refractivity contribution is 0.0697. The molecule has 0 aliphatic carbocycles. The van der Waals surface area contributed by atoms with E-state index in [1.54, 1.807) is 23.2 Å². The number of nitrogens with zero attached hydrogens (tertiary/aromatic N) is 3. The van der Waals surface area contributed by atoms with E-state index >= 15 is 0 Å². The Bertz CT molecular complexity index is 1410. The molecule has 8 heteroatoms. The highest BCUT2D eigenvalue weighted by Gasteiger charge is 2.32. The molecule has 7 nitrogen and oxygen atoms in total. The number of benzene rings is 2. The number of sulfonamides is 1. The molecule has 174 valence electrons. The highest BCUT2D eigenvalue weighted by molar-refractivity contribution is 7.89. The van der Waals surface area contributed by atoms with Crippen LogP contribution >= 0.6 is 0 Å². The van der Waals surface area contributed by atoms with E-state index < -0.39 is 10.0 Å². The van der Waals surface area contributed by atoms with Crippen LogP contribution in [0.15, 0.2) is 84.0 Å². The first-order chi connectivity index (χ1) is 16.5. The third kappa shape index (κ3) is 4.34. The van der Waals surface area contributed by atoms with Crippen LogP contribution in [0.3, 0.4) is 0 Å². The number of piperazine rings is 1. The molecule has 1 aliphatic heterocycles. The number of aromatic nitrogens is 2. The Morgan fingerprint density at radius 2 is 1.62 bits per heavy atom. The second-order valence-corrected chi connectivity index (χ2v) is 10.3. The van der Waals surface area contributed by atoms with Gasteiger partial charge in [-0.3, -0.25) is 4.79 Å². The average Bonchev–Trinajstić information content (AvgIpc) is 3.33. The maximum Gasteiger partial charge on any atom is 0.254 e. The highest BCUT2D eigenvalue weighted by atomic mass is 32.2. The van der Waals surface area contributed by atoms with E-state index in [9.17, 15) is 13.2 Å². The van der Waals surface area contributed by atoms with Gasteiger partial charge in [-0.05, 0) is 42.2 Å². The number of rotatable bonds is 6. The molecule has 1 saturated heterocycles. The summed E-state index contributed by atoms with van der Waals surface area (Å²) in [6, 6.07) is 21.4. The summed E-state index contributed by atoms with van der Waals surface area (Å²) in [4.78, 5) is 22.4. The van der Waals surface area contributed by atoms with Crippen molar-refractivity contribution >= 4 is 27.0 Å². The maximum atomic E-state index is 13.3. The van der Waals surface area contributed by atoms with Crippen LogP contribution in [-0.4, -0.2) is 59.7 Å². The summed E-state index contributed by atoms with van der Waals surface area (Å²) in [6.45, 7) is 1.22. The molecule has 0 atom stereocenters. The summed E-state index contributed by atoms with van der Waals surface area (Å²) in [5.74, 6) is -0.0444. The van der Waals surface area contributed by atoms with Gasteiger partial charge in [0.25, 0.3) is 5.91 Å². The van der Waals surface area contributed by atoms with E-state index in [1.807, 2.05) is 42.5 Å². The topological polar surface area (TPSA) is 86.4 Å². The third-order valence-corrected chi connectivity index (χ3v) is 8.27. The lowest BCUT2D eigenvalue weighted by Crippen LogP contribution is -2.50. The standard InChI is InChI=1S/C26H26N4O3S/c31-26(22-10-5-4-9-21(22)13-12-20-7-2-1-3-8-20)29-15-17-30(18-16-29)34(32,33)24-19-28-25-23(24)11-6-14-27-25/h1-11,14,19H,12-13,15-18H2,(H,27,28). The monoisotopic (exact) mass is 474 g/mol. The Morgan fingerprint density at radius 3 is 2.41 bits per heavy atom. The van der Waals surface area contributed by atoms with Gasteiger partial charge < -0.3 is 9.88 Å². The zero-order chi connectivity index (χ0) is 23.5. The summed E-state index contributed by atoms with van der Waals surface area (Å²) >= 11 is 0. The third-order valence-electron chi connectivity index (χ3n) is 6.33. The fourth-order valence-electron chi connectivity index (χ4n) is 4.46. The number of hydrogen-bond acceptors (Lipinski definition) is 4. The van der Waals surface area contributed by atoms with Crippen molar-refractivity contribution in [3.8, 4) is 0 Å². The van der Waals surface area contributed by atoms with Crippen molar-refractivity contribution in [2.45, 2.75) is 17.7 Å². The molecular formula is C26H26N4O3S. The second kappa shape index (κ2) is 9.40. The SMILES string of the molecule is O=C(c1ccccc1CCc1ccccc1)N1CCN(S(=O)(=O)c2c[nH]c3ncccc23)CC1. The van der Waals surface area contributed by atoms with Gasteiger partial charge >= 0.3 is 0 Å². The fourth-order valence-corrected chi connectivity index (χ4v) is 6.03. The summed E-state index contributed by atoms with van der Waals surface area (Å²) in [5, 5.41) is 0.577. The lowest BCUT2D eigenvalue weighted by atomic mass is 9.99. The number of H-pyrrole nitrogens is 1. The van der Waals surface area contributed by atoms with Crippen molar-refractivity contribution in [2.75, 3.05) is 26.2 Å². The van der Waals surface area contributed by atoms with Gasteiger partial charge in [-0.2, -0.15) is 4.31 Å². The van der Waals surface area contributed by atoms with Gasteiger partial charge in [-0.15, -0.1) is 0 Å². The molecule has 34 heavy (non-hydrogen) atoms. The Labute approximate surface area is 199 Å². The summed E-state index contributed by atoms with van der Waals surface area (Å²) in [6.07, 6.45) is 4.75. The average molecular weight is 475 g/mol. The van der Waals surface area contributed by atoms with Crippen LogP contribution in [0.2, 0.25) is 0 Å². The highest BCUT2D eigenvalue weighted by Crippen LogP contribution is 2.25. The Balaban J connectivity index is 1.28. The quantitative estimate of drug-likeness (QED) is 0.464. The number of aryl methyl sites for hydroxylation is 2. The van der Waals surface area contributed by atoms with E-state index in [1.165, 1.54) is 16.1 Å². The minimum atomic E-state index is -3.68. The van der Waals surface area contributed by atoms with Crippen LogP contribution in [-0.2, 0) is 22.9 Å². The maximum absolute atomic E-state index is 13.3. The van der Waals surface area contributed by atoms with Gasteiger partial charge in [0.2, 0.25) is 10.0 Å². The Morgan fingerprint density at radius 1 is 0.882 bits per heavy atom. The van der Waals surface area contributed by atoms with E-state index in [0.29, 0.717) is 29.7 Å². The normalized spacial score (nSPS) is 15.0. The minimum absolute atomic E-state index is 0.0444. The number of aromatic amines is 1. The summed E-state index contributed by atoms with van der Waals surface area (Å²) < 4.78 is 28.0. The lowest BCUT2D eigenvalue weighted by Gasteiger charge is -2.34. The Hall–Kier alpha value is -3.49. The molecular weight excluding hydrogens is 448 g/mol. The number of nitrogens with one attached hydrogen (secondary N) is 1. The van der Waals surface area contributed by atoms with E-state index in [4.69, 9.17) is 0 Å². The van der Waals surface area contributed by atoms with Gasteiger partial charge in [0.15, 0.2) is 0 Å². The van der Waals surface area contributed by atoms with Crippen LogP contribution in [0.5, 0.6) is 0 Å². The van der Waals surface area contributed by atoms with Gasteiger partial charge in [-0.1, -0.05) is 48.5 Å². The zero-order valence-corrected chi connectivity index (χ0v) is 19.5. The molecule has 1 aliphatic rings. The van der Waals surface area contributed by atoms with Gasteiger partial charge in [0, 0.05) is 49.5 Å². The number of carbonyl (C=O) groups excluding carboxylic acids is 1. The second-order valence-electron chi connectivity index (χ2n) is 8.39. The van der Waals surface area contributed by atoms with E-state index in [0.717, 1.165) is 18.4 Å². The van der Waals surface area contributed by atoms with Crippen molar-refractivity contribution in [3.63, 3.8) is 0 Å². The molecule has 1 amide bonds. The first-order valence-corrected chi connectivity index (χ1v) is 12.8. The minimum Gasteiger partial charge on any atom is -0.345 e. The first-order valence-electron chi connectivity index (χ1n) is 11.4. The predicted molar refractivity (Wildman–Crippen MR) is 131 cm³/mol. The zero-order valence-electron chi connectivity index (χ0n) is 18.7. The molecule has 0 saturated carbocycles. The van der Waals surface area contributed by atoms with E-state index in [2.05, 4.69) is 22.1 Å². The number of hydrogen-bond donors (Lipinski definition) is 1. The van der Waals surface area contributed by atoms with Crippen LogP contribution in [0.4, 0.5) is 0 Å². The first kappa shape index (κ1) is 22.3. The molecule has 2 aromatic carbocycles. The smallest absolute Gasteiger partial charge is 0.254 e. The van der Waals surface area contributed by atoms with Crippen LogP contribution in [0.25, 0.3) is 11.0 Å². The van der Waals surface area contributed by atoms with Crippen LogP contribution < -0.4 is 0 Å². The molecule has 4 aromatic rings. The molecule has 0 unspecified atom stereocenters. The van der Waals surface area contributed by atoms with Crippen molar-refractivity contribution in [1.82, 2.24) is 19.2 Å². The number of pyridine rings is 1. The molecule has 5 rings (SSSR count). The largest absolute Gasteiger partial charge is 0.345 e. The van der Waals surface area contributed by atoms with Crippen LogP contribution in [0.1, 0.15) is 21.5 Å². The fraction of sp³-hybridized carbons (Fsp3) is 0.231. The molecule has 2 aromatic heterocycles. The molecule has 0 spiro atoms. The van der Waals surface area contributed by atoms with Crippen molar-refractivity contribution < 1.29 is 13.2 Å². The Kier molecular flexibility index (Phi) is 6.17. The number of carbonyl (C=O) groups is 1. The van der Waals surface area contributed by atoms with Crippen molar-refractivity contribution in [3.05, 3.63) is 95.8 Å². The molecule has 1 fully saturated rings. The molecule has 0 bridgehead atoms. The number of fused-ring (bicyclic) bond motifs is 1. The molecule has 1 N–H and O–H groups in total. The van der Waals surface area contributed by atoms with Crippen molar-refractivity contribution in [1.29, 1.82) is 0 Å². The summed E-state index contributed by atoms with van der Waals surface area (Å²) in [5.41, 5.74) is 3.48. The van der Waals surface area contributed by atoms with Gasteiger partial charge in [0.1, 0.15) is 10.5 Å².